The zero-order valence-corrected chi connectivity index (χ0v) is 16.2. The number of para-hydroxylation sites is 2. The van der Waals surface area contributed by atoms with Crippen molar-refractivity contribution in [2.75, 3.05) is 32.8 Å². The van der Waals surface area contributed by atoms with E-state index in [0.717, 1.165) is 49.9 Å². The van der Waals surface area contributed by atoms with E-state index in [-0.39, 0.29) is 36.1 Å². The molecule has 2 aliphatic rings. The third-order valence-corrected chi connectivity index (χ3v) is 5.48. The lowest BCUT2D eigenvalue weighted by Crippen LogP contribution is -2.45. The van der Waals surface area contributed by atoms with E-state index in [0.29, 0.717) is 19.6 Å². The molecule has 2 saturated heterocycles. The monoisotopic (exact) mass is 394 g/mol. The first-order valence-corrected chi connectivity index (χ1v) is 9.52. The molecule has 0 radical (unpaired) electrons. The van der Waals surface area contributed by atoms with E-state index in [1.807, 2.05) is 33.7 Å². The summed E-state index contributed by atoms with van der Waals surface area (Å²) in [5.41, 5.74) is 1.75. The van der Waals surface area contributed by atoms with Crippen LogP contribution in [0.3, 0.4) is 0 Å². The number of H-pyrrole nitrogens is 1. The normalized spacial score (nSPS) is 20.7. The van der Waals surface area contributed by atoms with Crippen molar-refractivity contribution in [3.05, 3.63) is 34.7 Å². The number of hydrogen-bond acceptors (Lipinski definition) is 4. The van der Waals surface area contributed by atoms with E-state index in [4.69, 9.17) is 4.74 Å². The Morgan fingerprint density at radius 2 is 2.00 bits per heavy atom. The summed E-state index contributed by atoms with van der Waals surface area (Å²) < 4.78 is 7.41. The van der Waals surface area contributed by atoms with Crippen LogP contribution in [0, 0.1) is 0 Å². The lowest BCUT2D eigenvalue weighted by atomic mass is 10.0. The largest absolute Gasteiger partial charge is 0.377 e. The molecule has 1 unspecified atom stereocenters. The van der Waals surface area contributed by atoms with Gasteiger partial charge in [-0.05, 0) is 37.8 Å². The SMILES string of the molecule is Cl.O=C(CNCC1CCCO1)N1CCC(n2c(=O)[nH]c3ccccc32)CC1. The number of benzene rings is 1. The van der Waals surface area contributed by atoms with Crippen LogP contribution in [0.15, 0.2) is 29.1 Å². The van der Waals surface area contributed by atoms with Gasteiger partial charge in [0.15, 0.2) is 0 Å². The molecule has 0 bridgehead atoms. The van der Waals surface area contributed by atoms with Gasteiger partial charge in [-0.25, -0.2) is 4.79 Å². The van der Waals surface area contributed by atoms with Gasteiger partial charge in [-0.2, -0.15) is 0 Å². The average molecular weight is 395 g/mol. The molecule has 1 aromatic heterocycles. The summed E-state index contributed by atoms with van der Waals surface area (Å²) in [4.78, 5) is 29.5. The first kappa shape index (κ1) is 19.9. The van der Waals surface area contributed by atoms with Crippen molar-refractivity contribution < 1.29 is 9.53 Å². The number of carbonyl (C=O) groups is 1. The molecule has 27 heavy (non-hydrogen) atoms. The van der Waals surface area contributed by atoms with Crippen LogP contribution in [0.5, 0.6) is 0 Å². The highest BCUT2D eigenvalue weighted by molar-refractivity contribution is 5.85. The molecule has 2 aromatic rings. The summed E-state index contributed by atoms with van der Waals surface area (Å²) in [5, 5.41) is 3.22. The molecule has 7 nitrogen and oxygen atoms in total. The molecule has 8 heteroatoms. The maximum absolute atomic E-state index is 12.4. The van der Waals surface area contributed by atoms with Gasteiger partial charge in [-0.3, -0.25) is 9.36 Å². The summed E-state index contributed by atoms with van der Waals surface area (Å²) in [6.07, 6.45) is 4.05. The van der Waals surface area contributed by atoms with Crippen LogP contribution in [0.1, 0.15) is 31.7 Å². The highest BCUT2D eigenvalue weighted by Crippen LogP contribution is 2.24. The minimum atomic E-state index is -0.0609. The highest BCUT2D eigenvalue weighted by atomic mass is 35.5. The molecule has 1 atom stereocenters. The van der Waals surface area contributed by atoms with Gasteiger partial charge >= 0.3 is 5.69 Å². The maximum atomic E-state index is 12.4. The second-order valence-corrected chi connectivity index (χ2v) is 7.20. The lowest BCUT2D eigenvalue weighted by molar-refractivity contribution is -0.131. The number of nitrogens with zero attached hydrogens (tertiary/aromatic N) is 2. The van der Waals surface area contributed by atoms with Crippen LogP contribution in [-0.2, 0) is 9.53 Å². The summed E-state index contributed by atoms with van der Waals surface area (Å²) in [7, 11) is 0. The smallest absolute Gasteiger partial charge is 0.326 e. The number of rotatable bonds is 5. The minimum absolute atomic E-state index is 0. The third-order valence-electron chi connectivity index (χ3n) is 5.48. The predicted molar refractivity (Wildman–Crippen MR) is 107 cm³/mol. The van der Waals surface area contributed by atoms with Gasteiger partial charge in [0.2, 0.25) is 5.91 Å². The number of nitrogens with one attached hydrogen (secondary N) is 2. The number of halogens is 1. The average Bonchev–Trinajstić information content (AvgIpc) is 3.28. The van der Waals surface area contributed by atoms with Crippen molar-refractivity contribution in [1.29, 1.82) is 0 Å². The van der Waals surface area contributed by atoms with Crippen molar-refractivity contribution in [2.45, 2.75) is 37.8 Å². The molecule has 0 spiro atoms. The fraction of sp³-hybridized carbons (Fsp3) is 0.579. The fourth-order valence-electron chi connectivity index (χ4n) is 4.07. The number of aromatic amines is 1. The Bertz CT molecular complexity index is 820. The number of carbonyl (C=O) groups excluding carboxylic acids is 1. The predicted octanol–water partition coefficient (Wildman–Crippen LogP) is 1.68. The number of hydrogen-bond donors (Lipinski definition) is 2. The molecule has 0 saturated carbocycles. The Balaban J connectivity index is 0.00000210. The number of aromatic nitrogens is 2. The third kappa shape index (κ3) is 4.36. The fourth-order valence-corrected chi connectivity index (χ4v) is 4.07. The Morgan fingerprint density at radius 1 is 1.22 bits per heavy atom. The van der Waals surface area contributed by atoms with Crippen LogP contribution in [0.4, 0.5) is 0 Å². The van der Waals surface area contributed by atoms with Crippen LogP contribution < -0.4 is 11.0 Å². The second-order valence-electron chi connectivity index (χ2n) is 7.20. The number of likely N-dealkylation sites (tertiary alicyclic amines) is 1. The molecule has 0 aliphatic carbocycles. The first-order valence-electron chi connectivity index (χ1n) is 9.52. The second kappa shape index (κ2) is 8.91. The van der Waals surface area contributed by atoms with Gasteiger partial charge in [0.25, 0.3) is 0 Å². The van der Waals surface area contributed by atoms with Crippen LogP contribution in [0.2, 0.25) is 0 Å². The molecular weight excluding hydrogens is 368 g/mol. The van der Waals surface area contributed by atoms with Gasteiger partial charge in [-0.15, -0.1) is 12.4 Å². The van der Waals surface area contributed by atoms with Crippen molar-refractivity contribution in [2.24, 2.45) is 0 Å². The Hall–Kier alpha value is -1.83. The highest BCUT2D eigenvalue weighted by Gasteiger charge is 2.26. The standard InChI is InChI=1S/C19H26N4O3.ClH/c24-18(13-20-12-15-4-3-11-26-15)22-9-7-14(8-10-22)23-17-6-2-1-5-16(17)21-19(23)25;/h1-2,5-6,14-15,20H,3-4,7-13H2,(H,21,25);1H. The molecule has 2 N–H and O–H groups in total. The Kier molecular flexibility index (Phi) is 6.57. The molecule has 2 aliphatic heterocycles. The molecule has 148 valence electrons. The quantitative estimate of drug-likeness (QED) is 0.808. The topological polar surface area (TPSA) is 79.4 Å². The molecule has 2 fully saturated rings. The van der Waals surface area contributed by atoms with Crippen molar-refractivity contribution >= 4 is 29.3 Å². The minimum Gasteiger partial charge on any atom is -0.377 e. The molecular formula is C19H27ClN4O3. The van der Waals surface area contributed by atoms with Crippen molar-refractivity contribution in [3.8, 4) is 0 Å². The summed E-state index contributed by atoms with van der Waals surface area (Å²) in [5.74, 6) is 0.132. The van der Waals surface area contributed by atoms with Crippen LogP contribution in [0.25, 0.3) is 11.0 Å². The van der Waals surface area contributed by atoms with Gasteiger partial charge in [-0.1, -0.05) is 12.1 Å². The van der Waals surface area contributed by atoms with Crippen molar-refractivity contribution in [1.82, 2.24) is 19.8 Å². The first-order chi connectivity index (χ1) is 12.7. The van der Waals surface area contributed by atoms with Gasteiger partial charge in [0.05, 0.1) is 23.7 Å². The number of imidazole rings is 1. The van der Waals surface area contributed by atoms with Crippen LogP contribution >= 0.6 is 12.4 Å². The summed E-state index contributed by atoms with van der Waals surface area (Å²) in [6.45, 7) is 3.32. The number of amides is 1. The van der Waals surface area contributed by atoms with E-state index < -0.39 is 0 Å². The van der Waals surface area contributed by atoms with E-state index in [2.05, 4.69) is 10.3 Å². The summed E-state index contributed by atoms with van der Waals surface area (Å²) >= 11 is 0. The van der Waals surface area contributed by atoms with Gasteiger partial charge in [0.1, 0.15) is 0 Å². The van der Waals surface area contributed by atoms with Crippen LogP contribution in [-0.4, -0.2) is 59.2 Å². The molecule has 1 aromatic carbocycles. The zero-order chi connectivity index (χ0) is 17.9. The van der Waals surface area contributed by atoms with Gasteiger partial charge < -0.3 is 19.9 Å². The van der Waals surface area contributed by atoms with Crippen molar-refractivity contribution in [3.63, 3.8) is 0 Å². The number of ether oxygens (including phenoxy) is 1. The maximum Gasteiger partial charge on any atom is 0.326 e. The lowest BCUT2D eigenvalue weighted by Gasteiger charge is -2.32. The number of piperidine rings is 1. The molecule has 4 rings (SSSR count). The Labute approximate surface area is 164 Å². The van der Waals surface area contributed by atoms with E-state index in [1.165, 1.54) is 0 Å². The zero-order valence-electron chi connectivity index (χ0n) is 15.4. The van der Waals surface area contributed by atoms with E-state index >= 15 is 0 Å². The molecule has 3 heterocycles. The summed E-state index contributed by atoms with van der Waals surface area (Å²) in [6, 6.07) is 7.91. The van der Waals surface area contributed by atoms with E-state index in [9.17, 15) is 9.59 Å². The number of fused-ring (bicyclic) bond motifs is 1. The van der Waals surface area contributed by atoms with E-state index in [1.54, 1.807) is 0 Å². The molecule has 1 amide bonds. The Morgan fingerprint density at radius 3 is 2.74 bits per heavy atom. The van der Waals surface area contributed by atoms with Gasteiger partial charge in [0, 0.05) is 32.3 Å².